The van der Waals surface area contributed by atoms with Crippen LogP contribution in [0.3, 0.4) is 0 Å². The summed E-state index contributed by atoms with van der Waals surface area (Å²) in [4.78, 5) is 26.0. The molecule has 100 valence electrons. The van der Waals surface area contributed by atoms with Crippen LogP contribution in [0.15, 0.2) is 51.7 Å². The summed E-state index contributed by atoms with van der Waals surface area (Å²) in [7, 11) is 1.55. The van der Waals surface area contributed by atoms with Crippen molar-refractivity contribution in [2.45, 2.75) is 0 Å². The van der Waals surface area contributed by atoms with Gasteiger partial charge in [0.25, 0.3) is 0 Å². The Bertz CT molecular complexity index is 844. The minimum absolute atomic E-state index is 0.158. The average molecular weight is 269 g/mol. The summed E-state index contributed by atoms with van der Waals surface area (Å²) in [5.41, 5.74) is 1.90. The number of aromatic nitrogens is 1. The van der Waals surface area contributed by atoms with Crippen LogP contribution in [-0.2, 0) is 0 Å². The summed E-state index contributed by atoms with van der Waals surface area (Å²) in [6.45, 7) is 0. The van der Waals surface area contributed by atoms with E-state index in [1.54, 1.807) is 49.6 Å². The van der Waals surface area contributed by atoms with Gasteiger partial charge in [-0.15, -0.1) is 0 Å². The van der Waals surface area contributed by atoms with E-state index in [1.807, 2.05) is 0 Å². The Hall–Kier alpha value is -2.82. The van der Waals surface area contributed by atoms with E-state index in [0.717, 1.165) is 0 Å². The highest BCUT2D eigenvalue weighted by molar-refractivity contribution is 6.10. The minimum atomic E-state index is -0.536. The summed E-state index contributed by atoms with van der Waals surface area (Å²) in [6.07, 6.45) is 0. The number of carbonyl (C=O) groups excluding carboxylic acids is 1. The van der Waals surface area contributed by atoms with Crippen LogP contribution in [0.25, 0.3) is 11.1 Å². The Morgan fingerprint density at radius 1 is 1.15 bits per heavy atom. The molecule has 3 rings (SSSR count). The van der Waals surface area contributed by atoms with Gasteiger partial charge in [-0.1, -0.05) is 12.1 Å². The fourth-order valence-electron chi connectivity index (χ4n) is 2.02. The van der Waals surface area contributed by atoms with Gasteiger partial charge in [0.15, 0.2) is 11.4 Å². The van der Waals surface area contributed by atoms with Crippen LogP contribution in [0, 0.1) is 0 Å². The predicted molar refractivity (Wildman–Crippen MR) is 73.3 cm³/mol. The van der Waals surface area contributed by atoms with Gasteiger partial charge in [0.1, 0.15) is 5.75 Å². The van der Waals surface area contributed by atoms with E-state index in [2.05, 4.69) is 4.98 Å². The Morgan fingerprint density at radius 3 is 2.75 bits per heavy atom. The lowest BCUT2D eigenvalue weighted by molar-refractivity contribution is 0.103. The highest BCUT2D eigenvalue weighted by Gasteiger charge is 2.12. The van der Waals surface area contributed by atoms with Crippen LogP contribution in [0.4, 0.5) is 0 Å². The monoisotopic (exact) mass is 269 g/mol. The molecule has 0 bridgehead atoms. The number of hydrogen-bond donors (Lipinski definition) is 1. The number of nitrogens with one attached hydrogen (secondary N) is 1. The molecule has 1 aromatic heterocycles. The number of rotatable bonds is 3. The van der Waals surface area contributed by atoms with E-state index in [4.69, 9.17) is 9.15 Å². The van der Waals surface area contributed by atoms with Crippen LogP contribution in [0.2, 0.25) is 0 Å². The van der Waals surface area contributed by atoms with Crippen molar-refractivity contribution in [2.24, 2.45) is 0 Å². The van der Waals surface area contributed by atoms with Crippen molar-refractivity contribution in [3.63, 3.8) is 0 Å². The molecule has 0 aliphatic heterocycles. The third-order valence-corrected chi connectivity index (χ3v) is 3.02. The lowest BCUT2D eigenvalue weighted by atomic mass is 10.0. The van der Waals surface area contributed by atoms with Crippen molar-refractivity contribution in [3.8, 4) is 5.75 Å². The number of methoxy groups -OCH3 is 1. The van der Waals surface area contributed by atoms with Crippen molar-refractivity contribution in [3.05, 3.63) is 64.1 Å². The third-order valence-electron chi connectivity index (χ3n) is 3.02. The molecule has 20 heavy (non-hydrogen) atoms. The Morgan fingerprint density at radius 2 is 1.95 bits per heavy atom. The zero-order valence-corrected chi connectivity index (χ0v) is 10.7. The van der Waals surface area contributed by atoms with Gasteiger partial charge >= 0.3 is 5.76 Å². The largest absolute Gasteiger partial charge is 0.497 e. The quantitative estimate of drug-likeness (QED) is 0.741. The van der Waals surface area contributed by atoms with Gasteiger partial charge < -0.3 is 9.15 Å². The number of H-pyrrole nitrogens is 1. The highest BCUT2D eigenvalue weighted by atomic mass is 16.5. The second-order valence-electron chi connectivity index (χ2n) is 4.29. The molecule has 5 heteroatoms. The highest BCUT2D eigenvalue weighted by Crippen LogP contribution is 2.19. The molecule has 1 N–H and O–H groups in total. The maximum Gasteiger partial charge on any atom is 0.417 e. The number of fused-ring (bicyclic) bond motifs is 1. The number of aromatic amines is 1. The molecule has 0 spiro atoms. The molecular weight excluding hydrogens is 258 g/mol. The van der Waals surface area contributed by atoms with Gasteiger partial charge in [-0.25, -0.2) is 4.79 Å². The van der Waals surface area contributed by atoms with Crippen molar-refractivity contribution >= 4 is 16.9 Å². The predicted octanol–water partition coefficient (Wildman–Crippen LogP) is 2.36. The number of benzene rings is 2. The molecule has 5 nitrogen and oxygen atoms in total. The maximum atomic E-state index is 12.4. The molecule has 0 saturated heterocycles. The van der Waals surface area contributed by atoms with Gasteiger partial charge in [0.2, 0.25) is 0 Å². The van der Waals surface area contributed by atoms with Crippen molar-refractivity contribution in [1.82, 2.24) is 4.98 Å². The first-order valence-electron chi connectivity index (χ1n) is 5.99. The fourth-order valence-corrected chi connectivity index (χ4v) is 2.02. The molecule has 0 radical (unpaired) electrons. The van der Waals surface area contributed by atoms with E-state index in [0.29, 0.717) is 28.0 Å². The van der Waals surface area contributed by atoms with Gasteiger partial charge in [-0.05, 0) is 30.3 Å². The van der Waals surface area contributed by atoms with E-state index in [-0.39, 0.29) is 5.78 Å². The zero-order valence-electron chi connectivity index (χ0n) is 10.7. The first kappa shape index (κ1) is 12.2. The Labute approximate surface area is 113 Å². The summed E-state index contributed by atoms with van der Waals surface area (Å²) in [6, 6.07) is 11.7. The maximum absolute atomic E-state index is 12.4. The topological polar surface area (TPSA) is 72.3 Å². The average Bonchev–Trinajstić information content (AvgIpc) is 2.85. The Balaban J connectivity index is 2.04. The molecule has 1 heterocycles. The van der Waals surface area contributed by atoms with Crippen molar-refractivity contribution < 1.29 is 13.9 Å². The molecule has 0 saturated carbocycles. The van der Waals surface area contributed by atoms with Crippen LogP contribution >= 0.6 is 0 Å². The molecule has 3 aromatic rings. The second kappa shape index (κ2) is 4.70. The van der Waals surface area contributed by atoms with Crippen LogP contribution in [0.1, 0.15) is 15.9 Å². The first-order valence-corrected chi connectivity index (χ1v) is 5.99. The SMILES string of the molecule is COc1cccc(C(=O)c2ccc3[nH]c(=O)oc3c2)c1. The standard InChI is InChI=1S/C15H11NO4/c1-19-11-4-2-3-9(7-11)14(17)10-5-6-12-13(8-10)20-15(18)16-12/h2-8H,1H3,(H,16,18). The molecule has 0 fully saturated rings. The van der Waals surface area contributed by atoms with Crippen LogP contribution < -0.4 is 10.5 Å². The second-order valence-corrected chi connectivity index (χ2v) is 4.29. The van der Waals surface area contributed by atoms with E-state index in [9.17, 15) is 9.59 Å². The van der Waals surface area contributed by atoms with Crippen LogP contribution in [-0.4, -0.2) is 17.9 Å². The van der Waals surface area contributed by atoms with Crippen molar-refractivity contribution in [1.29, 1.82) is 0 Å². The summed E-state index contributed by atoms with van der Waals surface area (Å²) in [5, 5.41) is 0. The lowest BCUT2D eigenvalue weighted by Gasteiger charge is -2.04. The molecule has 0 unspecified atom stereocenters. The number of oxazole rings is 1. The minimum Gasteiger partial charge on any atom is -0.497 e. The molecule has 0 aliphatic carbocycles. The summed E-state index contributed by atoms with van der Waals surface area (Å²) in [5.74, 6) is -0.0780. The zero-order chi connectivity index (χ0) is 14.1. The van der Waals surface area contributed by atoms with Crippen molar-refractivity contribution in [2.75, 3.05) is 7.11 Å². The van der Waals surface area contributed by atoms with Gasteiger partial charge in [-0.2, -0.15) is 0 Å². The van der Waals surface area contributed by atoms with E-state index in [1.165, 1.54) is 0 Å². The fraction of sp³-hybridized carbons (Fsp3) is 0.0667. The van der Waals surface area contributed by atoms with Gasteiger partial charge in [-0.3, -0.25) is 9.78 Å². The Kier molecular flexibility index (Phi) is 2.87. The molecule has 0 atom stereocenters. The number of hydrogen-bond acceptors (Lipinski definition) is 4. The molecular formula is C15H11NO4. The summed E-state index contributed by atoms with van der Waals surface area (Å²) >= 11 is 0. The van der Waals surface area contributed by atoms with E-state index >= 15 is 0 Å². The number of carbonyl (C=O) groups is 1. The normalized spacial score (nSPS) is 10.7. The molecule has 0 aliphatic rings. The first-order chi connectivity index (χ1) is 9.67. The lowest BCUT2D eigenvalue weighted by Crippen LogP contribution is -2.01. The number of ketones is 1. The van der Waals surface area contributed by atoms with Gasteiger partial charge in [0.05, 0.1) is 12.6 Å². The molecule has 0 amide bonds. The van der Waals surface area contributed by atoms with E-state index < -0.39 is 5.76 Å². The van der Waals surface area contributed by atoms with Crippen LogP contribution in [0.5, 0.6) is 5.75 Å². The molecule has 2 aromatic carbocycles. The summed E-state index contributed by atoms with van der Waals surface area (Å²) < 4.78 is 10.0. The van der Waals surface area contributed by atoms with Gasteiger partial charge in [0, 0.05) is 11.1 Å². The smallest absolute Gasteiger partial charge is 0.417 e. The number of ether oxygens (including phenoxy) is 1. The third kappa shape index (κ3) is 2.09.